The monoisotopic (exact) mass is 303 g/mol. The molecule has 0 radical (unpaired) electrons. The lowest BCUT2D eigenvalue weighted by Gasteiger charge is -2.33. The second-order valence-electron chi connectivity index (χ2n) is 6.23. The predicted molar refractivity (Wildman–Crippen MR) is 96.6 cm³/mol. The van der Waals surface area contributed by atoms with Crippen LogP contribution in [0.25, 0.3) is 22.2 Å². The van der Waals surface area contributed by atoms with Crippen LogP contribution in [0.1, 0.15) is 12.8 Å². The highest BCUT2D eigenvalue weighted by Crippen LogP contribution is 2.32. The third-order valence-electron chi connectivity index (χ3n) is 4.66. The lowest BCUT2D eigenvalue weighted by atomic mass is 10.0. The van der Waals surface area contributed by atoms with Gasteiger partial charge in [-0.15, -0.1) is 0 Å². The standard InChI is InChI=1S/C20H21N3/c21-16-11-13-23(14-12-16)20-8-4-2-6-17(20)19-10-9-15-5-1-3-7-18(15)22-19/h1-10,16H,11-14,21H2. The molecule has 2 N–H and O–H groups in total. The van der Waals surface area contributed by atoms with Gasteiger partial charge in [-0.1, -0.05) is 42.5 Å². The molecule has 0 unspecified atom stereocenters. The second kappa shape index (κ2) is 6.01. The summed E-state index contributed by atoms with van der Waals surface area (Å²) in [5.41, 5.74) is 10.6. The van der Waals surface area contributed by atoms with E-state index in [1.807, 2.05) is 6.07 Å². The minimum atomic E-state index is 0.345. The molecule has 3 heteroatoms. The molecular weight excluding hydrogens is 282 g/mol. The summed E-state index contributed by atoms with van der Waals surface area (Å²) in [6.07, 6.45) is 2.11. The summed E-state index contributed by atoms with van der Waals surface area (Å²) in [4.78, 5) is 7.30. The molecule has 1 fully saturated rings. The third kappa shape index (κ3) is 2.80. The number of anilines is 1. The van der Waals surface area contributed by atoms with Gasteiger partial charge >= 0.3 is 0 Å². The Labute approximate surface area is 136 Å². The predicted octanol–water partition coefficient (Wildman–Crippen LogP) is 3.83. The highest BCUT2D eigenvalue weighted by molar-refractivity contribution is 5.84. The van der Waals surface area contributed by atoms with Crippen LogP contribution in [-0.2, 0) is 0 Å². The first kappa shape index (κ1) is 14.2. The van der Waals surface area contributed by atoms with Crippen molar-refractivity contribution in [1.82, 2.24) is 4.98 Å². The van der Waals surface area contributed by atoms with Crippen molar-refractivity contribution in [3.05, 3.63) is 60.7 Å². The van der Waals surface area contributed by atoms with Gasteiger partial charge < -0.3 is 10.6 Å². The number of rotatable bonds is 2. The van der Waals surface area contributed by atoms with Gasteiger partial charge in [0.25, 0.3) is 0 Å². The molecule has 0 amide bonds. The molecular formula is C20H21N3. The van der Waals surface area contributed by atoms with Crippen LogP contribution in [0.15, 0.2) is 60.7 Å². The van der Waals surface area contributed by atoms with E-state index in [-0.39, 0.29) is 0 Å². The van der Waals surface area contributed by atoms with E-state index < -0.39 is 0 Å². The molecule has 0 aliphatic carbocycles. The molecule has 2 heterocycles. The summed E-state index contributed by atoms with van der Waals surface area (Å²) in [5, 5.41) is 1.18. The van der Waals surface area contributed by atoms with Crippen molar-refractivity contribution in [1.29, 1.82) is 0 Å². The fourth-order valence-corrected chi connectivity index (χ4v) is 3.32. The number of hydrogen-bond donors (Lipinski definition) is 1. The molecule has 116 valence electrons. The van der Waals surface area contributed by atoms with Gasteiger partial charge in [-0.05, 0) is 31.0 Å². The molecule has 4 rings (SSSR count). The Morgan fingerprint density at radius 2 is 1.61 bits per heavy atom. The zero-order valence-electron chi connectivity index (χ0n) is 13.2. The Balaban J connectivity index is 1.75. The fraction of sp³-hybridized carbons (Fsp3) is 0.250. The number of benzene rings is 2. The maximum Gasteiger partial charge on any atom is 0.0730 e. The van der Waals surface area contributed by atoms with Gasteiger partial charge in [-0.25, -0.2) is 4.98 Å². The molecule has 1 saturated heterocycles. The van der Waals surface area contributed by atoms with Crippen LogP contribution in [-0.4, -0.2) is 24.1 Å². The first-order chi connectivity index (χ1) is 11.3. The molecule has 0 bridgehead atoms. The van der Waals surface area contributed by atoms with E-state index in [1.165, 1.54) is 16.6 Å². The van der Waals surface area contributed by atoms with Crippen molar-refractivity contribution in [2.75, 3.05) is 18.0 Å². The van der Waals surface area contributed by atoms with Crippen molar-refractivity contribution in [3.63, 3.8) is 0 Å². The highest BCUT2D eigenvalue weighted by atomic mass is 15.1. The van der Waals surface area contributed by atoms with Crippen molar-refractivity contribution in [3.8, 4) is 11.3 Å². The summed E-state index contributed by atoms with van der Waals surface area (Å²) in [5.74, 6) is 0. The average Bonchev–Trinajstić information content (AvgIpc) is 2.62. The van der Waals surface area contributed by atoms with Crippen molar-refractivity contribution in [2.45, 2.75) is 18.9 Å². The summed E-state index contributed by atoms with van der Waals surface area (Å²) in [6.45, 7) is 2.04. The fourth-order valence-electron chi connectivity index (χ4n) is 3.32. The molecule has 0 atom stereocenters. The van der Waals surface area contributed by atoms with E-state index in [9.17, 15) is 0 Å². The zero-order valence-corrected chi connectivity index (χ0v) is 13.2. The second-order valence-corrected chi connectivity index (χ2v) is 6.23. The van der Waals surface area contributed by atoms with Crippen LogP contribution in [0, 0.1) is 0 Å². The Bertz CT molecular complexity index is 820. The summed E-state index contributed by atoms with van der Waals surface area (Å²) in [6, 6.07) is 21.4. The van der Waals surface area contributed by atoms with E-state index in [0.717, 1.165) is 37.1 Å². The zero-order chi connectivity index (χ0) is 15.6. The SMILES string of the molecule is NC1CCN(c2ccccc2-c2ccc3ccccc3n2)CC1. The topological polar surface area (TPSA) is 42.1 Å². The van der Waals surface area contributed by atoms with Gasteiger partial charge in [-0.3, -0.25) is 0 Å². The number of hydrogen-bond acceptors (Lipinski definition) is 3. The molecule has 1 aromatic heterocycles. The number of pyridine rings is 1. The number of fused-ring (bicyclic) bond motifs is 1. The van der Waals surface area contributed by atoms with Gasteiger partial charge in [0.1, 0.15) is 0 Å². The van der Waals surface area contributed by atoms with Crippen LogP contribution < -0.4 is 10.6 Å². The Hall–Kier alpha value is -2.39. The molecule has 3 nitrogen and oxygen atoms in total. The average molecular weight is 303 g/mol. The maximum absolute atomic E-state index is 6.05. The van der Waals surface area contributed by atoms with Gasteiger partial charge in [0.15, 0.2) is 0 Å². The Morgan fingerprint density at radius 1 is 0.870 bits per heavy atom. The van der Waals surface area contributed by atoms with Crippen LogP contribution in [0.4, 0.5) is 5.69 Å². The lowest BCUT2D eigenvalue weighted by molar-refractivity contribution is 0.501. The quantitative estimate of drug-likeness (QED) is 0.782. The molecule has 0 saturated carbocycles. The molecule has 1 aliphatic rings. The lowest BCUT2D eigenvalue weighted by Crippen LogP contribution is -2.39. The van der Waals surface area contributed by atoms with Crippen molar-refractivity contribution in [2.24, 2.45) is 5.73 Å². The normalized spacial score (nSPS) is 16.0. The van der Waals surface area contributed by atoms with Crippen molar-refractivity contribution >= 4 is 16.6 Å². The molecule has 0 spiro atoms. The smallest absolute Gasteiger partial charge is 0.0730 e. The van der Waals surface area contributed by atoms with Gasteiger partial charge in [-0.2, -0.15) is 0 Å². The molecule has 23 heavy (non-hydrogen) atoms. The highest BCUT2D eigenvalue weighted by Gasteiger charge is 2.19. The van der Waals surface area contributed by atoms with Crippen LogP contribution in [0.5, 0.6) is 0 Å². The van der Waals surface area contributed by atoms with Gasteiger partial charge in [0.05, 0.1) is 11.2 Å². The van der Waals surface area contributed by atoms with Crippen LogP contribution in [0.2, 0.25) is 0 Å². The van der Waals surface area contributed by atoms with Gasteiger partial charge in [0.2, 0.25) is 0 Å². The van der Waals surface area contributed by atoms with E-state index >= 15 is 0 Å². The van der Waals surface area contributed by atoms with E-state index in [2.05, 4.69) is 59.5 Å². The van der Waals surface area contributed by atoms with Crippen LogP contribution >= 0.6 is 0 Å². The Kier molecular flexibility index (Phi) is 3.72. The minimum absolute atomic E-state index is 0.345. The van der Waals surface area contributed by atoms with E-state index in [1.54, 1.807) is 0 Å². The number of piperidine rings is 1. The van der Waals surface area contributed by atoms with E-state index in [0.29, 0.717) is 6.04 Å². The maximum atomic E-state index is 6.05. The minimum Gasteiger partial charge on any atom is -0.371 e. The number of nitrogens with zero attached hydrogens (tertiary/aromatic N) is 2. The van der Waals surface area contributed by atoms with Crippen molar-refractivity contribution < 1.29 is 0 Å². The molecule has 2 aromatic carbocycles. The summed E-state index contributed by atoms with van der Waals surface area (Å²) >= 11 is 0. The number of aromatic nitrogens is 1. The Morgan fingerprint density at radius 3 is 2.48 bits per heavy atom. The third-order valence-corrected chi connectivity index (χ3v) is 4.66. The molecule has 1 aliphatic heterocycles. The molecule has 3 aromatic rings. The largest absolute Gasteiger partial charge is 0.371 e. The first-order valence-electron chi connectivity index (χ1n) is 8.27. The number of para-hydroxylation sites is 2. The summed E-state index contributed by atoms with van der Waals surface area (Å²) < 4.78 is 0. The van der Waals surface area contributed by atoms with Crippen LogP contribution in [0.3, 0.4) is 0 Å². The first-order valence-corrected chi connectivity index (χ1v) is 8.27. The van der Waals surface area contributed by atoms with E-state index in [4.69, 9.17) is 10.7 Å². The van der Waals surface area contributed by atoms with Gasteiger partial charge in [0, 0.05) is 35.8 Å². The number of nitrogens with two attached hydrogens (primary N) is 1. The summed E-state index contributed by atoms with van der Waals surface area (Å²) in [7, 11) is 0.